The van der Waals surface area contributed by atoms with Crippen molar-refractivity contribution in [1.29, 1.82) is 0 Å². The number of benzene rings is 1. The van der Waals surface area contributed by atoms with Gasteiger partial charge >= 0.3 is 6.92 Å². The molecule has 0 amide bonds. The van der Waals surface area contributed by atoms with E-state index in [0.29, 0.717) is 30.9 Å². The summed E-state index contributed by atoms with van der Waals surface area (Å²) in [5.41, 5.74) is 3.21. The molecule has 1 heterocycles. The van der Waals surface area contributed by atoms with E-state index in [1.165, 1.54) is 25.5 Å². The molecule has 33 heavy (non-hydrogen) atoms. The second-order valence-electron chi connectivity index (χ2n) is 9.09. The molecule has 1 aliphatic rings. The van der Waals surface area contributed by atoms with Gasteiger partial charge in [0.05, 0.1) is 11.9 Å². The predicted molar refractivity (Wildman–Crippen MR) is 129 cm³/mol. The minimum Gasteiger partial charge on any atom is -0.533 e. The first-order chi connectivity index (χ1) is 16.0. The van der Waals surface area contributed by atoms with E-state index < -0.39 is 6.92 Å². The number of Topliss-reactive ketones (excluding diaryl/α,β-unsaturated/α-hetero) is 2. The Kier molecular flexibility index (Phi) is 9.79. The second kappa shape index (κ2) is 13.0. The van der Waals surface area contributed by atoms with Crippen LogP contribution in [-0.4, -0.2) is 34.9 Å². The quantitative estimate of drug-likeness (QED) is 0.197. The molecular formula is C26H33BN2O4. The largest absolute Gasteiger partial charge is 0.533 e. The molecule has 6 nitrogen and oxygen atoms in total. The van der Waals surface area contributed by atoms with E-state index in [4.69, 9.17) is 4.65 Å². The van der Waals surface area contributed by atoms with Crippen LogP contribution in [-0.2, 0) is 20.7 Å². The van der Waals surface area contributed by atoms with Gasteiger partial charge in [-0.15, -0.1) is 0 Å². The predicted octanol–water partition coefficient (Wildman–Crippen LogP) is 4.29. The van der Waals surface area contributed by atoms with Crippen LogP contribution in [0.1, 0.15) is 79.5 Å². The molecule has 174 valence electrons. The first-order valence-corrected chi connectivity index (χ1v) is 12.1. The van der Waals surface area contributed by atoms with Crippen LogP contribution in [0, 0.1) is 12.8 Å². The zero-order chi connectivity index (χ0) is 23.5. The smallest absolute Gasteiger partial charge is 0.402 e. The van der Waals surface area contributed by atoms with Crippen LogP contribution in [0.4, 0.5) is 0 Å². The van der Waals surface area contributed by atoms with Gasteiger partial charge in [0.25, 0.3) is 6.47 Å². The minimum absolute atomic E-state index is 0.0181. The van der Waals surface area contributed by atoms with Gasteiger partial charge in [-0.2, -0.15) is 0 Å². The zero-order valence-corrected chi connectivity index (χ0v) is 19.5. The van der Waals surface area contributed by atoms with Gasteiger partial charge in [-0.3, -0.25) is 14.6 Å². The van der Waals surface area contributed by atoms with Gasteiger partial charge < -0.3 is 9.45 Å². The van der Waals surface area contributed by atoms with Gasteiger partial charge in [-0.1, -0.05) is 56.4 Å². The van der Waals surface area contributed by atoms with Crippen LogP contribution in [0.3, 0.4) is 0 Å². The van der Waals surface area contributed by atoms with Gasteiger partial charge in [0.15, 0.2) is 5.78 Å². The lowest BCUT2D eigenvalue weighted by Crippen LogP contribution is -2.35. The second-order valence-corrected chi connectivity index (χ2v) is 9.09. The molecule has 0 N–H and O–H groups in total. The van der Waals surface area contributed by atoms with E-state index in [1.54, 1.807) is 6.20 Å². The fraction of sp³-hybridized carbons (Fsp3) is 0.500. The summed E-state index contributed by atoms with van der Waals surface area (Å²) in [4.78, 5) is 44.0. The van der Waals surface area contributed by atoms with Crippen molar-refractivity contribution in [2.45, 2.75) is 77.5 Å². The Morgan fingerprint density at radius 2 is 1.82 bits per heavy atom. The summed E-state index contributed by atoms with van der Waals surface area (Å²) in [6, 6.07) is 7.89. The van der Waals surface area contributed by atoms with Gasteiger partial charge in [-0.25, -0.2) is 4.98 Å². The van der Waals surface area contributed by atoms with Gasteiger partial charge in [-0.05, 0) is 43.1 Å². The SMILES string of the molecule is Cc1cnc(C(=O)CCCCc2ccc(B(CC(=O)CC3CCCCC3)OC=O)cc2)cn1. The maximum atomic E-state index is 12.6. The van der Waals surface area contributed by atoms with E-state index >= 15 is 0 Å². The highest BCUT2D eigenvalue weighted by Gasteiger charge is 2.26. The van der Waals surface area contributed by atoms with Gasteiger partial charge in [0.2, 0.25) is 0 Å². The molecule has 7 heteroatoms. The highest BCUT2D eigenvalue weighted by atomic mass is 16.5. The molecule has 2 aromatic rings. The number of hydrogen-bond acceptors (Lipinski definition) is 6. The van der Waals surface area contributed by atoms with Crippen molar-refractivity contribution >= 4 is 30.4 Å². The number of carbonyl (C=O) groups excluding carboxylic acids is 3. The number of hydrogen-bond donors (Lipinski definition) is 0. The molecule has 1 saturated carbocycles. The lowest BCUT2D eigenvalue weighted by atomic mass is 9.56. The van der Waals surface area contributed by atoms with E-state index in [0.717, 1.165) is 48.8 Å². The van der Waals surface area contributed by atoms with Gasteiger partial charge in [0, 0.05) is 25.4 Å². The van der Waals surface area contributed by atoms with Crippen molar-refractivity contribution in [3.63, 3.8) is 0 Å². The van der Waals surface area contributed by atoms with Crippen LogP contribution >= 0.6 is 0 Å². The molecule has 0 aliphatic heterocycles. The number of rotatable bonds is 13. The highest BCUT2D eigenvalue weighted by molar-refractivity contribution is 6.71. The molecule has 0 radical (unpaired) electrons. The van der Waals surface area contributed by atoms with E-state index in [-0.39, 0.29) is 17.9 Å². The van der Waals surface area contributed by atoms with Crippen LogP contribution in [0.2, 0.25) is 6.32 Å². The molecule has 0 saturated heterocycles. The topological polar surface area (TPSA) is 86.2 Å². The third-order valence-corrected chi connectivity index (χ3v) is 6.41. The molecule has 1 fully saturated rings. The first-order valence-electron chi connectivity index (χ1n) is 12.1. The molecule has 3 rings (SSSR count). The van der Waals surface area contributed by atoms with Crippen molar-refractivity contribution in [2.24, 2.45) is 5.92 Å². The number of aromatic nitrogens is 2. The molecular weight excluding hydrogens is 415 g/mol. The van der Waals surface area contributed by atoms with Crippen LogP contribution < -0.4 is 5.46 Å². The molecule has 0 atom stereocenters. The molecule has 0 spiro atoms. The van der Waals surface area contributed by atoms with E-state index in [1.807, 2.05) is 31.2 Å². The fourth-order valence-corrected chi connectivity index (χ4v) is 4.49. The van der Waals surface area contributed by atoms with Crippen molar-refractivity contribution in [1.82, 2.24) is 9.97 Å². The van der Waals surface area contributed by atoms with Crippen LogP contribution in [0.15, 0.2) is 36.7 Å². The van der Waals surface area contributed by atoms with E-state index in [9.17, 15) is 14.4 Å². The normalized spacial score (nSPS) is 14.0. The third kappa shape index (κ3) is 8.23. The maximum absolute atomic E-state index is 12.6. The number of carbonyl (C=O) groups is 3. The number of unbranched alkanes of at least 4 members (excludes halogenated alkanes) is 1. The van der Waals surface area contributed by atoms with Gasteiger partial charge in [0.1, 0.15) is 11.5 Å². The molecule has 0 bridgehead atoms. The van der Waals surface area contributed by atoms with Crippen molar-refractivity contribution in [2.75, 3.05) is 0 Å². The van der Waals surface area contributed by atoms with E-state index in [2.05, 4.69) is 9.97 Å². The molecule has 1 aliphatic carbocycles. The van der Waals surface area contributed by atoms with Crippen LogP contribution in [0.25, 0.3) is 0 Å². The number of nitrogens with zero attached hydrogens (tertiary/aromatic N) is 2. The first kappa shape index (κ1) is 24.8. The standard InChI is InChI=1S/C26H33BN2O4/c1-20-17-29-25(18-28-20)26(32)10-6-5-7-21-11-13-23(14-12-21)27(33-19-30)16-24(31)15-22-8-3-2-4-9-22/h11-14,17-19,22H,2-10,15-16H2,1H3. The Morgan fingerprint density at radius 3 is 2.48 bits per heavy atom. The van der Waals surface area contributed by atoms with Crippen molar-refractivity contribution in [3.05, 3.63) is 53.6 Å². The molecule has 0 unspecified atom stereocenters. The Bertz CT molecular complexity index is 909. The fourth-order valence-electron chi connectivity index (χ4n) is 4.49. The summed E-state index contributed by atoms with van der Waals surface area (Å²) in [6.45, 7) is 1.75. The number of ketones is 2. The van der Waals surface area contributed by atoms with Crippen LogP contribution in [0.5, 0.6) is 0 Å². The minimum atomic E-state index is -0.527. The van der Waals surface area contributed by atoms with Crippen molar-refractivity contribution < 1.29 is 19.0 Å². The average Bonchev–Trinajstić information content (AvgIpc) is 2.83. The monoisotopic (exact) mass is 448 g/mol. The summed E-state index contributed by atoms with van der Waals surface area (Å²) in [5, 5.41) is 0. The Balaban J connectivity index is 1.44. The molecule has 1 aromatic heterocycles. The Morgan fingerprint density at radius 1 is 1.06 bits per heavy atom. The third-order valence-electron chi connectivity index (χ3n) is 6.41. The molecule has 1 aromatic carbocycles. The highest BCUT2D eigenvalue weighted by Crippen LogP contribution is 2.27. The summed E-state index contributed by atoms with van der Waals surface area (Å²) < 4.78 is 5.25. The van der Waals surface area contributed by atoms with Crippen molar-refractivity contribution in [3.8, 4) is 0 Å². The summed E-state index contributed by atoms with van der Waals surface area (Å²) >= 11 is 0. The Hall–Kier alpha value is -2.83. The summed E-state index contributed by atoms with van der Waals surface area (Å²) in [7, 11) is 0. The average molecular weight is 448 g/mol. The number of aryl methyl sites for hydroxylation is 2. The maximum Gasteiger partial charge on any atom is 0.402 e. The zero-order valence-electron chi connectivity index (χ0n) is 19.5. The summed E-state index contributed by atoms with van der Waals surface area (Å²) in [5.74, 6) is 0.667. The summed E-state index contributed by atoms with van der Waals surface area (Å²) in [6.07, 6.45) is 12.9. The lowest BCUT2D eigenvalue weighted by Gasteiger charge is -2.21. The Labute approximate surface area is 196 Å². The lowest BCUT2D eigenvalue weighted by molar-refractivity contribution is -0.121.